The monoisotopic (exact) mass is 398 g/mol. The van der Waals surface area contributed by atoms with E-state index in [1.165, 1.54) is 0 Å². The third kappa shape index (κ3) is 6.31. The van der Waals surface area contributed by atoms with E-state index in [1.54, 1.807) is 6.07 Å². The van der Waals surface area contributed by atoms with Gasteiger partial charge in [0, 0.05) is 5.56 Å². The molecule has 0 aromatic heterocycles. The van der Waals surface area contributed by atoms with Gasteiger partial charge in [-0.3, -0.25) is 0 Å². The highest BCUT2D eigenvalue weighted by Gasteiger charge is 2.34. The van der Waals surface area contributed by atoms with Gasteiger partial charge in [0.25, 0.3) is 0 Å². The number of phenolic OH excluding ortho intramolecular Hbond substituents is 1. The molecule has 0 saturated heterocycles. The second kappa shape index (κ2) is 10.6. The van der Waals surface area contributed by atoms with Gasteiger partial charge >= 0.3 is 5.97 Å². The molecule has 0 amide bonds. The topological polar surface area (TPSA) is 156 Å². The van der Waals surface area contributed by atoms with Crippen LogP contribution >= 0.6 is 11.6 Å². The number of carbonyl (C=O) groups excluding carboxylic acids is 1. The fraction of sp³-hybridized carbons (Fsp3) is 0.222. The highest BCUT2D eigenvalue weighted by molar-refractivity contribution is 6.32. The number of carboxylic acids is 1. The number of aromatic hydroxyl groups is 1. The minimum Gasteiger partial charge on any atom is -0.506 e. The highest BCUT2D eigenvalue weighted by atomic mass is 35.5. The van der Waals surface area contributed by atoms with Crippen LogP contribution in [0.5, 0.6) is 5.75 Å². The number of para-hydroxylation sites is 1. The molecule has 0 fully saturated rings. The number of carbonyl (C=O) groups is 2. The molecule has 0 unspecified atom stereocenters. The van der Waals surface area contributed by atoms with Gasteiger partial charge in [-0.05, 0) is 11.6 Å². The Hall–Kier alpha value is -2.49. The van der Waals surface area contributed by atoms with Crippen LogP contribution in [0.2, 0.25) is 5.02 Å². The van der Waals surface area contributed by atoms with E-state index in [9.17, 15) is 14.7 Å². The first-order valence-corrected chi connectivity index (χ1v) is 8.01. The number of phenols is 1. The van der Waals surface area contributed by atoms with E-state index in [2.05, 4.69) is 0 Å². The molecule has 6 N–H and O–H groups in total. The van der Waals surface area contributed by atoms with E-state index >= 15 is 0 Å². The number of hydrogen-bond acceptors (Lipinski definition) is 7. The summed E-state index contributed by atoms with van der Waals surface area (Å²) in [6, 6.07) is 15.0. The van der Waals surface area contributed by atoms with Crippen molar-refractivity contribution < 1.29 is 40.2 Å². The Kier molecular flexibility index (Phi) is 8.86. The van der Waals surface area contributed by atoms with Crippen LogP contribution in [0, 0.1) is 0 Å². The molecule has 0 saturated carbocycles. The van der Waals surface area contributed by atoms with Gasteiger partial charge in [-0.1, -0.05) is 54.1 Å². The maximum atomic E-state index is 10.1. The molecule has 0 spiro atoms. The van der Waals surface area contributed by atoms with Gasteiger partial charge in [0.2, 0.25) is 0 Å². The lowest BCUT2D eigenvalue weighted by Crippen LogP contribution is -2.48. The van der Waals surface area contributed by atoms with Gasteiger partial charge in [-0.25, -0.2) is 4.79 Å². The van der Waals surface area contributed by atoms with E-state index in [0.717, 1.165) is 11.1 Å². The molecule has 2 aromatic rings. The molecule has 2 rings (SSSR count). The van der Waals surface area contributed by atoms with Gasteiger partial charge in [-0.2, -0.15) is 0 Å². The summed E-state index contributed by atoms with van der Waals surface area (Å²) in [5, 5.41) is 53.3. The number of aliphatic carboxylic acids is 1. The Balaban J connectivity index is 0.000000271. The highest BCUT2D eigenvalue weighted by Crippen LogP contribution is 2.34. The van der Waals surface area contributed by atoms with Crippen molar-refractivity contribution >= 4 is 23.9 Å². The molecule has 0 aliphatic rings. The van der Waals surface area contributed by atoms with E-state index in [0.29, 0.717) is 5.02 Å². The fourth-order valence-electron chi connectivity index (χ4n) is 1.98. The van der Waals surface area contributed by atoms with E-state index < -0.39 is 30.4 Å². The Labute approximate surface area is 159 Å². The lowest BCUT2D eigenvalue weighted by Gasteiger charge is -2.21. The number of aldehydes is 1. The number of aliphatic hydroxyl groups is 4. The van der Waals surface area contributed by atoms with Crippen LogP contribution in [0.15, 0.2) is 48.5 Å². The summed E-state index contributed by atoms with van der Waals surface area (Å²) in [4.78, 5) is 20.0. The predicted molar refractivity (Wildman–Crippen MR) is 96.3 cm³/mol. The van der Waals surface area contributed by atoms with Crippen LogP contribution in [-0.4, -0.2) is 67.3 Å². The second-order valence-corrected chi connectivity index (χ2v) is 5.80. The Morgan fingerprint density at radius 2 is 1.52 bits per heavy atom. The average molecular weight is 399 g/mol. The van der Waals surface area contributed by atoms with Crippen molar-refractivity contribution in [1.82, 2.24) is 0 Å². The van der Waals surface area contributed by atoms with Crippen molar-refractivity contribution in [2.24, 2.45) is 0 Å². The van der Waals surface area contributed by atoms with Gasteiger partial charge in [0.15, 0.2) is 12.4 Å². The standard InChI is InChI=1S/C12H9ClO.C6H10O7/c13-11-8-4-7-10(12(11)14)9-5-2-1-3-6-9;7-1-2(8)3(9)4(10)5(11)6(12)13/h1-8,14H;1-5,8-11H,(H,12,13)/t;2-,3+,4-,5-/m.0/s1. The fourth-order valence-corrected chi connectivity index (χ4v) is 2.16. The molecule has 0 aliphatic carbocycles. The molecular weight excluding hydrogens is 380 g/mol. The molecular formula is C18H19ClO8. The number of benzene rings is 2. The molecule has 0 aliphatic heterocycles. The molecule has 9 heteroatoms. The maximum Gasteiger partial charge on any atom is 0.335 e. The SMILES string of the molecule is O=C[C@H](O)[C@@H](O)[C@H](O)[C@H](O)C(=O)O.Oc1c(Cl)cccc1-c1ccccc1. The van der Waals surface area contributed by atoms with Crippen molar-refractivity contribution in [3.05, 3.63) is 53.6 Å². The minimum atomic E-state index is -2.25. The van der Waals surface area contributed by atoms with Crippen LogP contribution in [0.25, 0.3) is 11.1 Å². The lowest BCUT2D eigenvalue weighted by molar-refractivity contribution is -0.163. The summed E-state index contributed by atoms with van der Waals surface area (Å²) in [5.41, 5.74) is 1.73. The molecule has 0 bridgehead atoms. The number of carboxylic acid groups (broad SMARTS) is 1. The van der Waals surface area contributed by atoms with Gasteiger partial charge < -0.3 is 35.4 Å². The average Bonchev–Trinajstić information content (AvgIpc) is 2.68. The molecule has 0 heterocycles. The van der Waals surface area contributed by atoms with Gasteiger partial charge in [-0.15, -0.1) is 0 Å². The Morgan fingerprint density at radius 1 is 0.926 bits per heavy atom. The number of rotatable bonds is 6. The zero-order valence-electron chi connectivity index (χ0n) is 13.9. The first-order chi connectivity index (χ1) is 12.7. The van der Waals surface area contributed by atoms with Crippen LogP contribution in [0.1, 0.15) is 0 Å². The quantitative estimate of drug-likeness (QED) is 0.382. The summed E-state index contributed by atoms with van der Waals surface area (Å²) in [7, 11) is 0. The minimum absolute atomic E-state index is 0.0809. The first-order valence-electron chi connectivity index (χ1n) is 7.64. The van der Waals surface area contributed by atoms with Crippen LogP contribution in [-0.2, 0) is 9.59 Å². The third-order valence-electron chi connectivity index (χ3n) is 3.49. The molecule has 2 aromatic carbocycles. The predicted octanol–water partition coefficient (Wildman–Crippen LogP) is 0.426. The number of halogens is 1. The smallest absolute Gasteiger partial charge is 0.335 e. The molecule has 27 heavy (non-hydrogen) atoms. The zero-order valence-corrected chi connectivity index (χ0v) is 14.6. The van der Waals surface area contributed by atoms with Gasteiger partial charge in [0.1, 0.15) is 24.1 Å². The largest absolute Gasteiger partial charge is 0.506 e. The number of aliphatic hydroxyl groups excluding tert-OH is 4. The molecule has 146 valence electrons. The Bertz CT molecular complexity index is 752. The van der Waals surface area contributed by atoms with Crippen molar-refractivity contribution in [3.8, 4) is 16.9 Å². The van der Waals surface area contributed by atoms with Crippen molar-refractivity contribution in [3.63, 3.8) is 0 Å². The van der Waals surface area contributed by atoms with Gasteiger partial charge in [0.05, 0.1) is 5.02 Å². The molecule has 4 atom stereocenters. The third-order valence-corrected chi connectivity index (χ3v) is 3.79. The number of hydrogen-bond donors (Lipinski definition) is 6. The Morgan fingerprint density at radius 3 is 2.04 bits per heavy atom. The summed E-state index contributed by atoms with van der Waals surface area (Å²) in [6.07, 6.45) is -8.39. The summed E-state index contributed by atoms with van der Waals surface area (Å²) in [6.45, 7) is 0. The van der Waals surface area contributed by atoms with E-state index in [4.69, 9.17) is 37.1 Å². The van der Waals surface area contributed by atoms with Crippen molar-refractivity contribution in [2.75, 3.05) is 0 Å². The lowest BCUT2D eigenvalue weighted by atomic mass is 10.0. The summed E-state index contributed by atoms with van der Waals surface area (Å²) < 4.78 is 0. The second-order valence-electron chi connectivity index (χ2n) is 5.39. The van der Waals surface area contributed by atoms with Crippen LogP contribution in [0.4, 0.5) is 0 Å². The normalized spacial score (nSPS) is 14.9. The molecule has 8 nitrogen and oxygen atoms in total. The van der Waals surface area contributed by atoms with Crippen molar-refractivity contribution in [1.29, 1.82) is 0 Å². The zero-order chi connectivity index (χ0) is 20.6. The molecule has 0 radical (unpaired) electrons. The van der Waals surface area contributed by atoms with Crippen LogP contribution < -0.4 is 0 Å². The first kappa shape index (κ1) is 22.6. The van der Waals surface area contributed by atoms with E-state index in [-0.39, 0.29) is 12.0 Å². The maximum absolute atomic E-state index is 10.1. The summed E-state index contributed by atoms with van der Waals surface area (Å²) in [5.74, 6) is -1.62. The summed E-state index contributed by atoms with van der Waals surface area (Å²) >= 11 is 5.81. The van der Waals surface area contributed by atoms with E-state index in [1.807, 2.05) is 42.5 Å². The van der Waals surface area contributed by atoms with Crippen LogP contribution in [0.3, 0.4) is 0 Å². The van der Waals surface area contributed by atoms with Crippen molar-refractivity contribution in [2.45, 2.75) is 24.4 Å².